The van der Waals surface area contributed by atoms with Crippen LogP contribution in [0.25, 0.3) is 11.4 Å². The number of carbonyl (C=O) groups excluding carboxylic acids is 1. The number of amides is 1. The lowest BCUT2D eigenvalue weighted by atomic mass is 10.0. The van der Waals surface area contributed by atoms with E-state index in [9.17, 15) is 4.79 Å². The Balaban J connectivity index is 1.56. The standard InChI is InChI=1S/C18H24N4O/c1-14-13-21-18(16-6-8-19-9-7-16)22(14)11-10-20-17(23)12-15-4-2-3-5-15/h6-9,13,15H,2-5,10-12H2,1H3,(H,20,23). The summed E-state index contributed by atoms with van der Waals surface area (Å²) >= 11 is 0. The maximum atomic E-state index is 12.0. The molecule has 122 valence electrons. The van der Waals surface area contributed by atoms with E-state index in [0.29, 0.717) is 18.9 Å². The van der Waals surface area contributed by atoms with E-state index in [0.717, 1.165) is 23.6 Å². The van der Waals surface area contributed by atoms with Crippen LogP contribution in [0, 0.1) is 12.8 Å². The number of pyridine rings is 1. The van der Waals surface area contributed by atoms with Gasteiger partial charge in [0, 0.05) is 49.4 Å². The molecular formula is C18H24N4O. The number of rotatable bonds is 6. The Bertz CT molecular complexity index is 644. The van der Waals surface area contributed by atoms with Crippen LogP contribution in [0.2, 0.25) is 0 Å². The molecule has 5 nitrogen and oxygen atoms in total. The lowest BCUT2D eigenvalue weighted by Crippen LogP contribution is -2.28. The molecule has 1 saturated carbocycles. The number of aryl methyl sites for hydroxylation is 1. The smallest absolute Gasteiger partial charge is 0.220 e. The molecule has 0 unspecified atom stereocenters. The van der Waals surface area contributed by atoms with E-state index in [1.54, 1.807) is 12.4 Å². The fourth-order valence-electron chi connectivity index (χ4n) is 3.33. The summed E-state index contributed by atoms with van der Waals surface area (Å²) in [6.07, 6.45) is 11.1. The molecule has 0 radical (unpaired) electrons. The van der Waals surface area contributed by atoms with E-state index in [1.165, 1.54) is 25.7 Å². The van der Waals surface area contributed by atoms with Gasteiger partial charge in [0.05, 0.1) is 0 Å². The molecule has 2 aromatic heterocycles. The monoisotopic (exact) mass is 312 g/mol. The number of hydrogen-bond donors (Lipinski definition) is 1. The first kappa shape index (κ1) is 15.7. The van der Waals surface area contributed by atoms with Gasteiger partial charge in [-0.1, -0.05) is 12.8 Å². The number of aromatic nitrogens is 3. The molecule has 1 aliphatic carbocycles. The van der Waals surface area contributed by atoms with Crippen LogP contribution in [0.3, 0.4) is 0 Å². The van der Waals surface area contributed by atoms with E-state index in [4.69, 9.17) is 0 Å². The molecule has 0 aromatic carbocycles. The lowest BCUT2D eigenvalue weighted by molar-refractivity contribution is -0.122. The van der Waals surface area contributed by atoms with Gasteiger partial charge in [0.25, 0.3) is 0 Å². The maximum Gasteiger partial charge on any atom is 0.220 e. The third-order valence-electron chi connectivity index (χ3n) is 4.60. The van der Waals surface area contributed by atoms with Crippen LogP contribution in [0.15, 0.2) is 30.7 Å². The predicted octanol–water partition coefficient (Wildman–Crippen LogP) is 2.95. The zero-order chi connectivity index (χ0) is 16.1. The Labute approximate surface area is 137 Å². The van der Waals surface area contributed by atoms with E-state index in [1.807, 2.05) is 25.3 Å². The van der Waals surface area contributed by atoms with Crippen molar-refractivity contribution in [1.29, 1.82) is 0 Å². The van der Waals surface area contributed by atoms with Gasteiger partial charge in [0.1, 0.15) is 5.82 Å². The van der Waals surface area contributed by atoms with Crippen LogP contribution in [0.5, 0.6) is 0 Å². The Kier molecular flexibility index (Phi) is 5.05. The molecule has 0 aliphatic heterocycles. The van der Waals surface area contributed by atoms with Crippen molar-refractivity contribution in [3.63, 3.8) is 0 Å². The van der Waals surface area contributed by atoms with Gasteiger partial charge in [-0.15, -0.1) is 0 Å². The Morgan fingerprint density at radius 1 is 1.30 bits per heavy atom. The van der Waals surface area contributed by atoms with Gasteiger partial charge >= 0.3 is 0 Å². The van der Waals surface area contributed by atoms with Crippen molar-refractivity contribution in [2.75, 3.05) is 6.54 Å². The average Bonchev–Trinajstić information content (AvgIpc) is 3.19. The normalized spacial score (nSPS) is 15.0. The second-order valence-corrected chi connectivity index (χ2v) is 6.32. The largest absolute Gasteiger partial charge is 0.354 e. The Hall–Kier alpha value is -2.17. The van der Waals surface area contributed by atoms with Crippen molar-refractivity contribution in [3.05, 3.63) is 36.4 Å². The summed E-state index contributed by atoms with van der Waals surface area (Å²) in [6.45, 7) is 3.42. The van der Waals surface area contributed by atoms with Crippen LogP contribution in [-0.2, 0) is 11.3 Å². The van der Waals surface area contributed by atoms with Crippen molar-refractivity contribution >= 4 is 5.91 Å². The number of nitrogens with zero attached hydrogens (tertiary/aromatic N) is 3. The molecule has 2 heterocycles. The molecule has 1 aliphatic rings. The van der Waals surface area contributed by atoms with Crippen LogP contribution in [0.4, 0.5) is 0 Å². The molecule has 23 heavy (non-hydrogen) atoms. The molecule has 0 spiro atoms. The summed E-state index contributed by atoms with van der Waals surface area (Å²) in [5, 5.41) is 3.05. The van der Waals surface area contributed by atoms with E-state index >= 15 is 0 Å². The minimum atomic E-state index is 0.181. The van der Waals surface area contributed by atoms with Gasteiger partial charge < -0.3 is 9.88 Å². The van der Waals surface area contributed by atoms with Crippen molar-refractivity contribution in [3.8, 4) is 11.4 Å². The van der Waals surface area contributed by atoms with Crippen LogP contribution >= 0.6 is 0 Å². The third kappa shape index (κ3) is 3.97. The predicted molar refractivity (Wildman–Crippen MR) is 89.8 cm³/mol. The molecule has 0 bridgehead atoms. The SMILES string of the molecule is Cc1cnc(-c2ccncc2)n1CCNC(=O)CC1CCCC1. The number of nitrogens with one attached hydrogen (secondary N) is 1. The van der Waals surface area contributed by atoms with Gasteiger partial charge in [-0.25, -0.2) is 4.98 Å². The lowest BCUT2D eigenvalue weighted by Gasteiger charge is -2.12. The summed E-state index contributed by atoms with van der Waals surface area (Å²) in [4.78, 5) is 20.6. The fourth-order valence-corrected chi connectivity index (χ4v) is 3.33. The quantitative estimate of drug-likeness (QED) is 0.892. The third-order valence-corrected chi connectivity index (χ3v) is 4.60. The first-order valence-corrected chi connectivity index (χ1v) is 8.43. The van der Waals surface area contributed by atoms with E-state index in [2.05, 4.69) is 19.9 Å². The first-order chi connectivity index (χ1) is 11.2. The van der Waals surface area contributed by atoms with Gasteiger partial charge in [-0.05, 0) is 37.8 Å². The number of hydrogen-bond acceptors (Lipinski definition) is 3. The molecule has 1 fully saturated rings. The second-order valence-electron chi connectivity index (χ2n) is 6.32. The molecule has 5 heteroatoms. The van der Waals surface area contributed by atoms with Crippen molar-refractivity contribution in [1.82, 2.24) is 19.9 Å². The van der Waals surface area contributed by atoms with Crippen molar-refractivity contribution in [2.24, 2.45) is 5.92 Å². The van der Waals surface area contributed by atoms with Crippen LogP contribution < -0.4 is 5.32 Å². The van der Waals surface area contributed by atoms with Gasteiger partial charge in [-0.3, -0.25) is 9.78 Å². The number of imidazole rings is 1. The van der Waals surface area contributed by atoms with E-state index in [-0.39, 0.29) is 5.91 Å². The molecule has 2 aromatic rings. The maximum absolute atomic E-state index is 12.0. The minimum Gasteiger partial charge on any atom is -0.354 e. The Morgan fingerprint density at radius 2 is 2.04 bits per heavy atom. The van der Waals surface area contributed by atoms with Crippen LogP contribution in [0.1, 0.15) is 37.8 Å². The zero-order valence-corrected chi connectivity index (χ0v) is 13.7. The van der Waals surface area contributed by atoms with Gasteiger partial charge in [0.2, 0.25) is 5.91 Å². The highest BCUT2D eigenvalue weighted by atomic mass is 16.1. The minimum absolute atomic E-state index is 0.181. The van der Waals surface area contributed by atoms with Crippen molar-refractivity contribution in [2.45, 2.75) is 45.6 Å². The molecule has 3 rings (SSSR count). The summed E-state index contributed by atoms with van der Waals surface area (Å²) in [5.74, 6) is 1.70. The zero-order valence-electron chi connectivity index (χ0n) is 13.7. The van der Waals surface area contributed by atoms with Gasteiger partial charge in [-0.2, -0.15) is 0 Å². The number of carbonyl (C=O) groups is 1. The summed E-state index contributed by atoms with van der Waals surface area (Å²) in [7, 11) is 0. The summed E-state index contributed by atoms with van der Waals surface area (Å²) < 4.78 is 2.14. The molecule has 0 saturated heterocycles. The van der Waals surface area contributed by atoms with Crippen LogP contribution in [-0.4, -0.2) is 27.0 Å². The molecule has 1 amide bonds. The first-order valence-electron chi connectivity index (χ1n) is 8.43. The summed E-state index contributed by atoms with van der Waals surface area (Å²) in [5.41, 5.74) is 2.15. The average molecular weight is 312 g/mol. The fraction of sp³-hybridized carbons (Fsp3) is 0.500. The van der Waals surface area contributed by atoms with Crippen molar-refractivity contribution < 1.29 is 4.79 Å². The highest BCUT2D eigenvalue weighted by molar-refractivity contribution is 5.76. The van der Waals surface area contributed by atoms with Gasteiger partial charge in [0.15, 0.2) is 0 Å². The molecule has 1 N–H and O–H groups in total. The topological polar surface area (TPSA) is 59.8 Å². The highest BCUT2D eigenvalue weighted by Gasteiger charge is 2.18. The van der Waals surface area contributed by atoms with E-state index < -0.39 is 0 Å². The molecule has 0 atom stereocenters. The summed E-state index contributed by atoms with van der Waals surface area (Å²) in [6, 6.07) is 3.91. The molecular weight excluding hydrogens is 288 g/mol. The highest BCUT2D eigenvalue weighted by Crippen LogP contribution is 2.27. The second kappa shape index (κ2) is 7.40. The Morgan fingerprint density at radius 3 is 2.78 bits per heavy atom.